The van der Waals surface area contributed by atoms with E-state index in [1.54, 1.807) is 45.6 Å². The van der Waals surface area contributed by atoms with Crippen molar-refractivity contribution in [3.8, 4) is 0 Å². The van der Waals surface area contributed by atoms with Gasteiger partial charge < -0.3 is 9.67 Å². The van der Waals surface area contributed by atoms with Crippen molar-refractivity contribution in [1.82, 2.24) is 23.7 Å². The fourth-order valence-electron chi connectivity index (χ4n) is 3.24. The zero-order valence-corrected chi connectivity index (χ0v) is 15.7. The molecule has 1 fully saturated rings. The maximum absolute atomic E-state index is 13.0. The summed E-state index contributed by atoms with van der Waals surface area (Å²) < 4.78 is 4.49. The van der Waals surface area contributed by atoms with Gasteiger partial charge in [0.05, 0.1) is 18.6 Å². The normalized spacial score (nSPS) is 14.8. The van der Waals surface area contributed by atoms with E-state index in [0.717, 1.165) is 12.1 Å². The lowest BCUT2D eigenvalue weighted by atomic mass is 10.0. The van der Waals surface area contributed by atoms with Crippen molar-refractivity contribution in [3.05, 3.63) is 56.8 Å². The number of hydrogen-bond donors (Lipinski definition) is 1. The van der Waals surface area contributed by atoms with Gasteiger partial charge in [0.1, 0.15) is 5.60 Å². The number of nitrogens with zero attached hydrogens (tertiary/aromatic N) is 5. The van der Waals surface area contributed by atoms with E-state index in [1.165, 1.54) is 22.0 Å². The first-order chi connectivity index (χ1) is 12.8. The van der Waals surface area contributed by atoms with Crippen LogP contribution in [0, 0.1) is 5.92 Å². The molecule has 0 radical (unpaired) electrons. The van der Waals surface area contributed by atoms with Gasteiger partial charge >= 0.3 is 5.69 Å². The molecule has 0 unspecified atom stereocenters. The van der Waals surface area contributed by atoms with Crippen LogP contribution in [0.5, 0.6) is 0 Å². The topological polar surface area (TPSA) is 94.9 Å². The zero-order valence-electron chi connectivity index (χ0n) is 15.7. The van der Waals surface area contributed by atoms with Crippen LogP contribution >= 0.6 is 0 Å². The molecule has 0 spiro atoms. The van der Waals surface area contributed by atoms with Crippen LogP contribution in [-0.2, 0) is 25.7 Å². The molecule has 1 aliphatic carbocycles. The predicted octanol–water partition coefficient (Wildman–Crippen LogP) is 0.977. The van der Waals surface area contributed by atoms with Crippen molar-refractivity contribution in [1.29, 1.82) is 0 Å². The van der Waals surface area contributed by atoms with Crippen molar-refractivity contribution >= 4 is 11.2 Å². The molecule has 0 saturated heterocycles. The highest BCUT2D eigenvalue weighted by molar-refractivity contribution is 5.70. The average molecular weight is 369 g/mol. The van der Waals surface area contributed by atoms with Gasteiger partial charge in [-0.25, -0.2) is 9.78 Å². The van der Waals surface area contributed by atoms with Crippen molar-refractivity contribution in [3.63, 3.8) is 0 Å². The van der Waals surface area contributed by atoms with Crippen LogP contribution in [-0.4, -0.2) is 28.8 Å². The molecule has 142 valence electrons. The largest absolute Gasteiger partial charge is 0.384 e. The number of hydrogen-bond acceptors (Lipinski definition) is 5. The quantitative estimate of drug-likeness (QED) is 0.723. The summed E-state index contributed by atoms with van der Waals surface area (Å²) in [5.74, 6) is 0.589. The fourth-order valence-corrected chi connectivity index (χ4v) is 3.24. The van der Waals surface area contributed by atoms with Crippen molar-refractivity contribution < 1.29 is 5.11 Å². The van der Waals surface area contributed by atoms with Crippen molar-refractivity contribution in [2.75, 3.05) is 0 Å². The first-order valence-electron chi connectivity index (χ1n) is 9.08. The highest BCUT2D eigenvalue weighted by Crippen LogP contribution is 2.31. The highest BCUT2D eigenvalue weighted by Gasteiger charge is 2.24. The van der Waals surface area contributed by atoms with Gasteiger partial charge in [0.15, 0.2) is 11.2 Å². The predicted molar refractivity (Wildman–Crippen MR) is 101 cm³/mol. The first-order valence-corrected chi connectivity index (χ1v) is 9.08. The Bertz CT molecular complexity index is 1110. The Hall–Kier alpha value is -2.74. The van der Waals surface area contributed by atoms with E-state index in [0.29, 0.717) is 22.8 Å². The van der Waals surface area contributed by atoms with Gasteiger partial charge in [-0.3, -0.25) is 18.9 Å². The Balaban J connectivity index is 1.77. The van der Waals surface area contributed by atoms with Crippen LogP contribution in [0.4, 0.5) is 0 Å². The van der Waals surface area contributed by atoms with Gasteiger partial charge in [0, 0.05) is 19.8 Å². The summed E-state index contributed by atoms with van der Waals surface area (Å²) >= 11 is 0. The molecule has 1 aliphatic rings. The Morgan fingerprint density at radius 3 is 2.56 bits per heavy atom. The van der Waals surface area contributed by atoms with E-state index >= 15 is 0 Å². The third-order valence-corrected chi connectivity index (χ3v) is 5.05. The van der Waals surface area contributed by atoms with E-state index in [9.17, 15) is 14.7 Å². The number of aliphatic hydroxyl groups is 1. The third-order valence-electron chi connectivity index (χ3n) is 5.05. The van der Waals surface area contributed by atoms with Crippen LogP contribution in [0.2, 0.25) is 0 Å². The van der Waals surface area contributed by atoms with E-state index in [-0.39, 0.29) is 12.1 Å². The minimum Gasteiger partial charge on any atom is -0.384 e. The fraction of sp³-hybridized carbons (Fsp3) is 0.474. The molecule has 0 amide bonds. The third kappa shape index (κ3) is 3.21. The minimum absolute atomic E-state index is 0.120. The van der Waals surface area contributed by atoms with Gasteiger partial charge in [0.2, 0.25) is 0 Å². The molecule has 0 bridgehead atoms. The Morgan fingerprint density at radius 1 is 1.22 bits per heavy atom. The van der Waals surface area contributed by atoms with Gasteiger partial charge in [-0.1, -0.05) is 6.07 Å². The standard InChI is InChI=1S/C19H23N5O3/c1-19(2,27)14-7-6-13(8-20-14)10-24-17(25)15-16(22(3)18(24)26)21-11-23(15)9-12-4-5-12/h6-8,11-12,27H,4-5,9-10H2,1-3H3. The van der Waals surface area contributed by atoms with Crippen LogP contribution in [0.3, 0.4) is 0 Å². The number of fused-ring (bicyclic) bond motifs is 1. The second kappa shape index (κ2) is 6.16. The SMILES string of the molecule is Cn1c(=O)n(Cc2ccc(C(C)(C)O)nc2)c(=O)c2c1ncn2CC1CC1. The highest BCUT2D eigenvalue weighted by atomic mass is 16.3. The van der Waals surface area contributed by atoms with Crippen LogP contribution < -0.4 is 11.2 Å². The van der Waals surface area contributed by atoms with Crippen molar-refractivity contribution in [2.24, 2.45) is 13.0 Å². The second-order valence-electron chi connectivity index (χ2n) is 7.86. The van der Waals surface area contributed by atoms with E-state index < -0.39 is 11.3 Å². The number of pyridine rings is 1. The average Bonchev–Trinajstić information content (AvgIpc) is 3.33. The lowest BCUT2D eigenvalue weighted by molar-refractivity contribution is 0.0738. The summed E-state index contributed by atoms with van der Waals surface area (Å²) in [6.07, 6.45) is 5.57. The molecule has 8 nitrogen and oxygen atoms in total. The minimum atomic E-state index is -1.04. The molecule has 0 aromatic carbocycles. The van der Waals surface area contributed by atoms with Crippen LogP contribution in [0.25, 0.3) is 11.2 Å². The summed E-state index contributed by atoms with van der Waals surface area (Å²) in [5.41, 5.74) is 0.343. The molecule has 0 atom stereocenters. The molecule has 8 heteroatoms. The van der Waals surface area contributed by atoms with Crippen molar-refractivity contribution in [2.45, 2.75) is 45.4 Å². The zero-order chi connectivity index (χ0) is 19.3. The smallest absolute Gasteiger partial charge is 0.332 e. The summed E-state index contributed by atoms with van der Waals surface area (Å²) in [6.45, 7) is 4.19. The van der Waals surface area contributed by atoms with E-state index in [1.807, 2.05) is 4.57 Å². The Morgan fingerprint density at radius 2 is 1.96 bits per heavy atom. The maximum atomic E-state index is 13.0. The summed E-state index contributed by atoms with van der Waals surface area (Å²) in [7, 11) is 1.63. The van der Waals surface area contributed by atoms with Gasteiger partial charge in [0.25, 0.3) is 5.56 Å². The molecule has 3 aromatic rings. The lowest BCUT2D eigenvalue weighted by Gasteiger charge is -2.16. The number of rotatable bonds is 5. The summed E-state index contributed by atoms with van der Waals surface area (Å²) in [4.78, 5) is 34.3. The van der Waals surface area contributed by atoms with E-state index in [4.69, 9.17) is 0 Å². The monoisotopic (exact) mass is 369 g/mol. The summed E-state index contributed by atoms with van der Waals surface area (Å²) in [6, 6.07) is 3.48. The van der Waals surface area contributed by atoms with Crippen LogP contribution in [0.15, 0.2) is 34.2 Å². The number of aromatic nitrogens is 5. The van der Waals surface area contributed by atoms with Gasteiger partial charge in [-0.2, -0.15) is 0 Å². The molecular weight excluding hydrogens is 346 g/mol. The number of aryl methyl sites for hydroxylation is 1. The lowest BCUT2D eigenvalue weighted by Crippen LogP contribution is -2.40. The summed E-state index contributed by atoms with van der Waals surface area (Å²) in [5, 5.41) is 10.0. The van der Waals surface area contributed by atoms with Gasteiger partial charge in [-0.05, 0) is 44.2 Å². The maximum Gasteiger partial charge on any atom is 0.332 e. The molecule has 4 rings (SSSR count). The molecule has 3 heterocycles. The molecule has 1 N–H and O–H groups in total. The first kappa shape index (κ1) is 17.7. The Kier molecular flexibility index (Phi) is 4.03. The second-order valence-corrected chi connectivity index (χ2v) is 7.86. The Labute approximate surface area is 155 Å². The molecule has 1 saturated carbocycles. The van der Waals surface area contributed by atoms with E-state index in [2.05, 4.69) is 9.97 Å². The number of imidazole rings is 1. The molecule has 0 aliphatic heterocycles. The molecule has 3 aromatic heterocycles. The molecular formula is C19H23N5O3. The molecule has 27 heavy (non-hydrogen) atoms. The van der Waals surface area contributed by atoms with Gasteiger partial charge in [-0.15, -0.1) is 0 Å². The van der Waals surface area contributed by atoms with Crippen LogP contribution in [0.1, 0.15) is 37.9 Å².